The molecule has 0 radical (unpaired) electrons. The van der Waals surface area contributed by atoms with Crippen molar-refractivity contribution in [3.05, 3.63) is 46.8 Å². The lowest BCUT2D eigenvalue weighted by Gasteiger charge is -2.28. The van der Waals surface area contributed by atoms with Gasteiger partial charge in [0.25, 0.3) is 0 Å². The fourth-order valence-corrected chi connectivity index (χ4v) is 2.46. The van der Waals surface area contributed by atoms with E-state index in [9.17, 15) is 0 Å². The second kappa shape index (κ2) is 6.12. The number of furan rings is 1. The van der Waals surface area contributed by atoms with Crippen LogP contribution in [0.3, 0.4) is 0 Å². The third kappa shape index (κ3) is 2.93. The smallest absolute Gasteiger partial charge is 0.141 e. The average Bonchev–Trinajstić information content (AvgIpc) is 2.86. The Kier molecular flexibility index (Phi) is 4.50. The van der Waals surface area contributed by atoms with Crippen molar-refractivity contribution in [3.63, 3.8) is 0 Å². The lowest BCUT2D eigenvalue weighted by atomic mass is 10.1. The average molecular weight is 325 g/mol. The van der Waals surface area contributed by atoms with Crippen LogP contribution in [0.25, 0.3) is 0 Å². The van der Waals surface area contributed by atoms with Gasteiger partial charge in [-0.2, -0.15) is 0 Å². The molecule has 1 aromatic heterocycles. The van der Waals surface area contributed by atoms with Gasteiger partial charge in [-0.3, -0.25) is 0 Å². The molecule has 2 aromatic rings. The molecule has 0 aliphatic heterocycles. The lowest BCUT2D eigenvalue weighted by Crippen LogP contribution is -2.30. The van der Waals surface area contributed by atoms with E-state index >= 15 is 0 Å². The van der Waals surface area contributed by atoms with Crippen LogP contribution in [0.4, 0.5) is 5.69 Å². The summed E-state index contributed by atoms with van der Waals surface area (Å²) in [7, 11) is 3.64. The van der Waals surface area contributed by atoms with Gasteiger partial charge >= 0.3 is 0 Å². The molecule has 0 saturated heterocycles. The van der Waals surface area contributed by atoms with Crippen LogP contribution < -0.4 is 15.4 Å². The largest absolute Gasteiger partial charge is 0.497 e. The summed E-state index contributed by atoms with van der Waals surface area (Å²) in [5.74, 6) is 1.64. The molecule has 0 amide bonds. The van der Waals surface area contributed by atoms with Crippen molar-refractivity contribution in [1.82, 2.24) is 0 Å². The minimum atomic E-state index is -0.0310. The normalized spacial score (nSPS) is 12.2. The first-order valence-corrected chi connectivity index (χ1v) is 6.76. The summed E-state index contributed by atoms with van der Waals surface area (Å²) < 4.78 is 11.7. The second-order valence-corrected chi connectivity index (χ2v) is 5.05. The third-order valence-electron chi connectivity index (χ3n) is 3.10. The second-order valence-electron chi connectivity index (χ2n) is 4.20. The topological polar surface area (TPSA) is 51.6 Å². The Morgan fingerprint density at radius 1 is 1.42 bits per heavy atom. The molecule has 0 saturated carbocycles. The number of halogens is 1. The monoisotopic (exact) mass is 324 g/mol. The van der Waals surface area contributed by atoms with Crippen molar-refractivity contribution < 1.29 is 9.15 Å². The number of hydrogen-bond acceptors (Lipinski definition) is 4. The van der Waals surface area contributed by atoms with Crippen LogP contribution in [0.5, 0.6) is 5.75 Å². The fourth-order valence-electron chi connectivity index (χ4n) is 1.99. The van der Waals surface area contributed by atoms with E-state index in [1.807, 2.05) is 37.4 Å². The van der Waals surface area contributed by atoms with E-state index in [1.54, 1.807) is 13.4 Å². The van der Waals surface area contributed by atoms with Crippen molar-refractivity contribution in [2.24, 2.45) is 5.73 Å². The summed E-state index contributed by atoms with van der Waals surface area (Å²) in [5, 5.41) is 0. The van der Waals surface area contributed by atoms with Crippen LogP contribution in [-0.2, 0) is 0 Å². The molecule has 2 N–H and O–H groups in total. The van der Waals surface area contributed by atoms with Crippen LogP contribution in [0.2, 0.25) is 0 Å². The van der Waals surface area contributed by atoms with Gasteiger partial charge in [0, 0.05) is 25.3 Å². The summed E-state index contributed by atoms with van der Waals surface area (Å²) in [6.07, 6.45) is 1.65. The molecule has 0 fully saturated rings. The number of methoxy groups -OCH3 is 1. The van der Waals surface area contributed by atoms with Crippen LogP contribution in [0.1, 0.15) is 11.8 Å². The highest BCUT2D eigenvalue weighted by atomic mass is 79.9. The zero-order valence-electron chi connectivity index (χ0n) is 11.0. The molecule has 0 bridgehead atoms. The highest BCUT2D eigenvalue weighted by molar-refractivity contribution is 9.10. The molecule has 1 unspecified atom stereocenters. The van der Waals surface area contributed by atoms with Crippen molar-refractivity contribution in [1.29, 1.82) is 0 Å². The SMILES string of the molecule is COc1cccc(N(C)C(CN)c2occc2Br)c1. The Balaban J connectivity index is 2.30. The van der Waals surface area contributed by atoms with E-state index in [0.29, 0.717) is 6.54 Å². The molecule has 1 heterocycles. The lowest BCUT2D eigenvalue weighted by molar-refractivity contribution is 0.414. The van der Waals surface area contributed by atoms with E-state index in [2.05, 4.69) is 20.8 Å². The van der Waals surface area contributed by atoms with E-state index < -0.39 is 0 Å². The Labute approximate surface area is 121 Å². The first kappa shape index (κ1) is 14.0. The van der Waals surface area contributed by atoms with E-state index in [1.165, 1.54) is 0 Å². The van der Waals surface area contributed by atoms with Crippen molar-refractivity contribution in [2.75, 3.05) is 25.6 Å². The third-order valence-corrected chi connectivity index (χ3v) is 3.75. The van der Waals surface area contributed by atoms with Gasteiger partial charge < -0.3 is 19.8 Å². The van der Waals surface area contributed by atoms with Crippen LogP contribution in [-0.4, -0.2) is 20.7 Å². The zero-order chi connectivity index (χ0) is 13.8. The molecule has 0 aliphatic rings. The predicted octanol–water partition coefficient (Wildman–Crippen LogP) is 3.19. The first-order valence-electron chi connectivity index (χ1n) is 5.97. The highest BCUT2D eigenvalue weighted by Gasteiger charge is 2.21. The molecule has 1 atom stereocenters. The van der Waals surface area contributed by atoms with Gasteiger partial charge in [0.15, 0.2) is 0 Å². The minimum Gasteiger partial charge on any atom is -0.497 e. The van der Waals surface area contributed by atoms with Gasteiger partial charge in [-0.25, -0.2) is 0 Å². The van der Waals surface area contributed by atoms with Gasteiger partial charge in [-0.05, 0) is 34.1 Å². The van der Waals surface area contributed by atoms with E-state index in [4.69, 9.17) is 14.9 Å². The van der Waals surface area contributed by atoms with Gasteiger partial charge in [0.1, 0.15) is 17.6 Å². The molecular formula is C14H17BrN2O2. The molecular weight excluding hydrogens is 308 g/mol. The van der Waals surface area contributed by atoms with Crippen molar-refractivity contribution in [3.8, 4) is 5.75 Å². The minimum absolute atomic E-state index is 0.0310. The molecule has 5 heteroatoms. The van der Waals surface area contributed by atoms with E-state index in [0.717, 1.165) is 21.7 Å². The number of rotatable bonds is 5. The van der Waals surface area contributed by atoms with Crippen LogP contribution in [0, 0.1) is 0 Å². The predicted molar refractivity (Wildman–Crippen MR) is 79.6 cm³/mol. The molecule has 19 heavy (non-hydrogen) atoms. The summed E-state index contributed by atoms with van der Waals surface area (Å²) in [5.41, 5.74) is 6.91. The van der Waals surface area contributed by atoms with Gasteiger partial charge in [-0.1, -0.05) is 6.07 Å². The Bertz CT molecular complexity index is 542. The van der Waals surface area contributed by atoms with Crippen LogP contribution in [0.15, 0.2) is 45.5 Å². The Morgan fingerprint density at radius 2 is 2.21 bits per heavy atom. The highest BCUT2D eigenvalue weighted by Crippen LogP contribution is 2.31. The molecule has 1 aromatic carbocycles. The molecule has 4 nitrogen and oxygen atoms in total. The quantitative estimate of drug-likeness (QED) is 0.917. The van der Waals surface area contributed by atoms with Gasteiger partial charge in [0.2, 0.25) is 0 Å². The van der Waals surface area contributed by atoms with Crippen LogP contribution >= 0.6 is 15.9 Å². The Hall–Kier alpha value is -1.46. The molecule has 0 aliphatic carbocycles. The fraction of sp³-hybridized carbons (Fsp3) is 0.286. The van der Waals surface area contributed by atoms with Crippen molar-refractivity contribution in [2.45, 2.75) is 6.04 Å². The summed E-state index contributed by atoms with van der Waals surface area (Å²) in [6.45, 7) is 0.458. The number of likely N-dealkylation sites (N-methyl/N-ethyl adjacent to an activating group) is 1. The maximum Gasteiger partial charge on any atom is 0.141 e. The summed E-state index contributed by atoms with van der Waals surface area (Å²) >= 11 is 3.48. The molecule has 102 valence electrons. The maximum absolute atomic E-state index is 5.89. The molecule has 0 spiro atoms. The van der Waals surface area contributed by atoms with E-state index in [-0.39, 0.29) is 6.04 Å². The standard InChI is InChI=1S/C14H17BrN2O2/c1-17(10-4-3-5-11(8-10)18-2)13(9-16)14-12(15)6-7-19-14/h3-8,13H,9,16H2,1-2H3. The van der Waals surface area contributed by atoms with Gasteiger partial charge in [0.05, 0.1) is 17.8 Å². The zero-order valence-corrected chi connectivity index (χ0v) is 12.6. The number of hydrogen-bond donors (Lipinski definition) is 1. The number of ether oxygens (including phenoxy) is 1. The Morgan fingerprint density at radius 3 is 2.79 bits per heavy atom. The molecule has 2 rings (SSSR count). The number of benzene rings is 1. The summed E-state index contributed by atoms with van der Waals surface area (Å²) in [6, 6.07) is 9.70. The number of nitrogens with zero attached hydrogens (tertiary/aromatic N) is 1. The van der Waals surface area contributed by atoms with Gasteiger partial charge in [-0.15, -0.1) is 0 Å². The number of anilines is 1. The first-order chi connectivity index (χ1) is 9.17. The number of nitrogens with two attached hydrogens (primary N) is 1. The van der Waals surface area contributed by atoms with Crippen molar-refractivity contribution >= 4 is 21.6 Å². The summed E-state index contributed by atoms with van der Waals surface area (Å²) in [4.78, 5) is 2.08. The maximum atomic E-state index is 5.89.